The second-order valence-electron chi connectivity index (χ2n) is 19.3. The lowest BCUT2D eigenvalue weighted by Crippen LogP contribution is -2.37. The molecule has 0 aromatic carbocycles. The smallest absolute Gasteiger partial charge is 0.457 e. The van der Waals surface area contributed by atoms with Crippen molar-refractivity contribution in [3.8, 4) is 0 Å². The number of ether oxygens (including phenoxy) is 2. The SMILES string of the molecule is CCCCCCC/C=C\C/C=C\C/C=C\CCCCCCCCCCCCC(=O)OC(COCCCCCCCC/C=C\CCCCCCCCC)COP(=O)(O)OCC[N+](C)(C)C. The van der Waals surface area contributed by atoms with Gasteiger partial charge >= 0.3 is 13.8 Å². The third kappa shape index (κ3) is 51.4. The molecule has 64 heavy (non-hydrogen) atoms. The van der Waals surface area contributed by atoms with Gasteiger partial charge in [0.25, 0.3) is 0 Å². The summed E-state index contributed by atoms with van der Waals surface area (Å²) in [5, 5.41) is 0. The average molecular weight is 923 g/mol. The number of phosphoric ester groups is 1. The highest BCUT2D eigenvalue weighted by molar-refractivity contribution is 7.47. The number of hydrogen-bond donors (Lipinski definition) is 1. The van der Waals surface area contributed by atoms with Gasteiger partial charge in [0.1, 0.15) is 19.3 Å². The number of nitrogens with zero attached hydrogens (tertiary/aromatic N) is 1. The first-order chi connectivity index (χ1) is 31.1. The molecule has 0 radical (unpaired) electrons. The van der Waals surface area contributed by atoms with Crippen LogP contribution >= 0.6 is 7.82 Å². The molecule has 0 spiro atoms. The minimum absolute atomic E-state index is 0.0859. The normalized spacial score (nSPS) is 13.9. The Kier molecular flexibility index (Phi) is 46.8. The van der Waals surface area contributed by atoms with Gasteiger partial charge in [-0.1, -0.05) is 204 Å². The number of hydrogen-bond acceptors (Lipinski definition) is 6. The Morgan fingerprint density at radius 2 is 0.859 bits per heavy atom. The number of unbranched alkanes of at least 4 members (excludes halogenated alkanes) is 28. The van der Waals surface area contributed by atoms with Crippen LogP contribution in [-0.2, 0) is 27.9 Å². The Morgan fingerprint density at radius 3 is 1.30 bits per heavy atom. The number of likely N-dealkylation sites (N-methyl/N-ethyl adjacent to an activating group) is 1. The van der Waals surface area contributed by atoms with Crippen molar-refractivity contribution in [2.75, 3.05) is 54.1 Å². The lowest BCUT2D eigenvalue weighted by atomic mass is 10.0. The lowest BCUT2D eigenvalue weighted by molar-refractivity contribution is -0.870. The number of quaternary nitrogens is 1. The van der Waals surface area contributed by atoms with Crippen molar-refractivity contribution in [3.05, 3.63) is 48.6 Å². The summed E-state index contributed by atoms with van der Waals surface area (Å²) in [7, 11) is 1.66. The third-order valence-electron chi connectivity index (χ3n) is 11.6. The van der Waals surface area contributed by atoms with Crippen LogP contribution in [0.2, 0.25) is 0 Å². The molecule has 376 valence electrons. The van der Waals surface area contributed by atoms with E-state index in [1.165, 1.54) is 173 Å². The Balaban J connectivity index is 4.12. The van der Waals surface area contributed by atoms with Crippen LogP contribution < -0.4 is 0 Å². The predicted octanol–water partition coefficient (Wildman–Crippen LogP) is 16.7. The van der Waals surface area contributed by atoms with Crippen LogP contribution in [-0.4, -0.2) is 75.6 Å². The van der Waals surface area contributed by atoms with Crippen LogP contribution in [0.25, 0.3) is 0 Å². The second kappa shape index (κ2) is 47.9. The summed E-state index contributed by atoms with van der Waals surface area (Å²) in [5.41, 5.74) is 0. The number of rotatable bonds is 50. The van der Waals surface area contributed by atoms with E-state index < -0.39 is 13.9 Å². The lowest BCUT2D eigenvalue weighted by Gasteiger charge is -2.24. The first kappa shape index (κ1) is 62.5. The zero-order valence-electron chi connectivity index (χ0n) is 42.8. The van der Waals surface area contributed by atoms with Crippen LogP contribution in [0.5, 0.6) is 0 Å². The number of allylic oxidation sites excluding steroid dienone is 8. The fraction of sp³-hybridized carbons (Fsp3) is 0.836. The molecule has 0 saturated heterocycles. The van der Waals surface area contributed by atoms with E-state index in [2.05, 4.69) is 62.5 Å². The van der Waals surface area contributed by atoms with Crippen molar-refractivity contribution in [2.24, 2.45) is 0 Å². The molecule has 0 aromatic heterocycles. The van der Waals surface area contributed by atoms with Gasteiger partial charge in [0.15, 0.2) is 0 Å². The van der Waals surface area contributed by atoms with Crippen molar-refractivity contribution in [3.63, 3.8) is 0 Å². The Hall–Kier alpha value is -1.54. The van der Waals surface area contributed by atoms with Crippen molar-refractivity contribution >= 4 is 13.8 Å². The van der Waals surface area contributed by atoms with Crippen molar-refractivity contribution in [1.82, 2.24) is 0 Å². The van der Waals surface area contributed by atoms with E-state index in [1.807, 2.05) is 21.1 Å². The summed E-state index contributed by atoms with van der Waals surface area (Å²) in [6, 6.07) is 0. The van der Waals surface area contributed by atoms with Gasteiger partial charge < -0.3 is 18.9 Å². The monoisotopic (exact) mass is 923 g/mol. The molecule has 9 heteroatoms. The molecule has 2 unspecified atom stereocenters. The maximum absolute atomic E-state index is 12.8. The topological polar surface area (TPSA) is 91.3 Å². The molecule has 0 aliphatic carbocycles. The second-order valence-corrected chi connectivity index (χ2v) is 20.7. The summed E-state index contributed by atoms with van der Waals surface area (Å²) in [6.45, 7) is 5.62. The van der Waals surface area contributed by atoms with Gasteiger partial charge in [0, 0.05) is 13.0 Å². The molecule has 0 aliphatic heterocycles. The van der Waals surface area contributed by atoms with Crippen LogP contribution in [0.4, 0.5) is 0 Å². The minimum atomic E-state index is -4.28. The standard InChI is InChI=1S/C55H104NO7P/c1-6-8-10-12-14-16-18-20-22-24-25-26-27-28-29-30-31-32-34-36-38-40-42-44-46-48-55(57)63-54(53-62-64(58,59)61-51-49-56(3,4)5)52-60-50-47-45-43-41-39-37-35-33-23-21-19-17-15-13-11-9-7-2/h18,20,23-25,27-28,33,54H,6-17,19,21-22,26,29-32,34-53H2,1-5H3/p+1/b20-18-,25-24-,28-27-,33-23-. The van der Waals surface area contributed by atoms with E-state index in [4.69, 9.17) is 18.5 Å². The van der Waals surface area contributed by atoms with Crippen molar-refractivity contribution in [2.45, 2.75) is 245 Å². The molecule has 0 amide bonds. The Labute approximate surface area is 397 Å². The predicted molar refractivity (Wildman–Crippen MR) is 275 cm³/mol. The summed E-state index contributed by atoms with van der Waals surface area (Å²) in [5.74, 6) is -0.318. The first-order valence-electron chi connectivity index (χ1n) is 26.9. The van der Waals surface area contributed by atoms with Crippen molar-refractivity contribution in [1.29, 1.82) is 0 Å². The maximum atomic E-state index is 12.8. The van der Waals surface area contributed by atoms with Crippen molar-refractivity contribution < 1.29 is 37.3 Å². The zero-order valence-corrected chi connectivity index (χ0v) is 43.7. The van der Waals surface area contributed by atoms with E-state index in [1.54, 1.807) is 0 Å². The Morgan fingerprint density at radius 1 is 0.484 bits per heavy atom. The largest absolute Gasteiger partial charge is 0.472 e. The van der Waals surface area contributed by atoms with Gasteiger partial charge in [-0.3, -0.25) is 13.8 Å². The molecule has 1 N–H and O–H groups in total. The van der Waals surface area contributed by atoms with Gasteiger partial charge in [-0.15, -0.1) is 0 Å². The molecular formula is C55H105NO7P+. The molecular weight excluding hydrogens is 818 g/mol. The van der Waals surface area contributed by atoms with Crippen LogP contribution in [0, 0.1) is 0 Å². The molecule has 0 bridgehead atoms. The highest BCUT2D eigenvalue weighted by Crippen LogP contribution is 2.43. The van der Waals surface area contributed by atoms with E-state index in [0.717, 1.165) is 44.9 Å². The molecule has 0 aliphatic rings. The Bertz CT molecular complexity index is 1160. The van der Waals surface area contributed by atoms with Crippen LogP contribution in [0.1, 0.15) is 239 Å². The summed E-state index contributed by atoms with van der Waals surface area (Å²) < 4.78 is 35.2. The molecule has 8 nitrogen and oxygen atoms in total. The number of phosphoric acid groups is 1. The number of carbonyl (C=O) groups excluding carboxylic acids is 1. The molecule has 0 fully saturated rings. The first-order valence-corrected chi connectivity index (χ1v) is 28.4. The van der Waals surface area contributed by atoms with E-state index in [-0.39, 0.29) is 25.8 Å². The van der Waals surface area contributed by atoms with Gasteiger partial charge in [0.05, 0.1) is 34.4 Å². The summed E-state index contributed by atoms with van der Waals surface area (Å²) >= 11 is 0. The maximum Gasteiger partial charge on any atom is 0.472 e. The fourth-order valence-electron chi connectivity index (χ4n) is 7.44. The molecule has 0 heterocycles. The molecule has 0 aromatic rings. The minimum Gasteiger partial charge on any atom is -0.457 e. The quantitative estimate of drug-likeness (QED) is 0.0214. The van der Waals surface area contributed by atoms with Gasteiger partial charge in [-0.2, -0.15) is 0 Å². The van der Waals surface area contributed by atoms with Gasteiger partial charge in [-0.05, 0) is 77.0 Å². The molecule has 2 atom stereocenters. The van der Waals surface area contributed by atoms with Gasteiger partial charge in [-0.25, -0.2) is 4.57 Å². The van der Waals surface area contributed by atoms with E-state index in [9.17, 15) is 14.3 Å². The number of esters is 1. The third-order valence-corrected chi connectivity index (χ3v) is 12.6. The average Bonchev–Trinajstić information content (AvgIpc) is 3.25. The molecule has 0 rings (SSSR count). The van der Waals surface area contributed by atoms with Crippen LogP contribution in [0.15, 0.2) is 48.6 Å². The number of carbonyl (C=O) groups is 1. The van der Waals surface area contributed by atoms with Crippen LogP contribution in [0.3, 0.4) is 0 Å². The fourth-order valence-corrected chi connectivity index (χ4v) is 8.18. The van der Waals surface area contributed by atoms with E-state index in [0.29, 0.717) is 24.1 Å². The van der Waals surface area contributed by atoms with Gasteiger partial charge in [0.2, 0.25) is 0 Å². The highest BCUT2D eigenvalue weighted by Gasteiger charge is 2.26. The highest BCUT2D eigenvalue weighted by atomic mass is 31.2. The summed E-state index contributed by atoms with van der Waals surface area (Å²) in [4.78, 5) is 23.0. The van der Waals surface area contributed by atoms with E-state index >= 15 is 0 Å². The zero-order chi connectivity index (χ0) is 46.9. The molecule has 0 saturated carbocycles. The summed E-state index contributed by atoms with van der Waals surface area (Å²) in [6.07, 6.45) is 60.1.